The third-order valence-electron chi connectivity index (χ3n) is 5.74. The summed E-state index contributed by atoms with van der Waals surface area (Å²) in [7, 11) is 0. The first-order valence-electron chi connectivity index (χ1n) is 11.9. The monoisotopic (exact) mass is 539 g/mol. The lowest BCUT2D eigenvalue weighted by atomic mass is 9.88. The van der Waals surface area contributed by atoms with E-state index in [1.807, 2.05) is 54.6 Å². The maximum atomic E-state index is 12.8. The van der Waals surface area contributed by atoms with E-state index in [0.717, 1.165) is 41.1 Å². The second-order valence-corrected chi connectivity index (χ2v) is 11.1. The molecule has 0 aliphatic heterocycles. The van der Waals surface area contributed by atoms with E-state index >= 15 is 0 Å². The zero-order valence-electron chi connectivity index (χ0n) is 20.3. The molecule has 1 aromatic heterocycles. The smallest absolute Gasteiger partial charge is 0.341 e. The van der Waals surface area contributed by atoms with Gasteiger partial charge in [0.05, 0.1) is 17.9 Å². The van der Waals surface area contributed by atoms with E-state index in [-0.39, 0.29) is 17.6 Å². The predicted molar refractivity (Wildman–Crippen MR) is 154 cm³/mol. The number of para-hydroxylation sites is 1. The summed E-state index contributed by atoms with van der Waals surface area (Å²) in [5.41, 5.74) is 3.31. The fraction of sp³-hybridized carbons (Fsp3) is 0.296. The third kappa shape index (κ3) is 6.87. The van der Waals surface area contributed by atoms with Gasteiger partial charge in [-0.2, -0.15) is 0 Å². The number of carbonyl (C=O) groups is 2. The lowest BCUT2D eigenvalue weighted by molar-refractivity contribution is -0.113. The van der Waals surface area contributed by atoms with Gasteiger partial charge in [0.15, 0.2) is 5.11 Å². The van der Waals surface area contributed by atoms with Crippen molar-refractivity contribution < 1.29 is 14.3 Å². The number of amides is 1. The quantitative estimate of drug-likeness (QED) is 0.169. The molecule has 3 N–H and O–H groups in total. The zero-order valence-corrected chi connectivity index (χ0v) is 22.7. The van der Waals surface area contributed by atoms with Crippen LogP contribution in [0.1, 0.15) is 41.1 Å². The number of nitrogens with one attached hydrogen (secondary N) is 3. The Morgan fingerprint density at radius 1 is 1.08 bits per heavy atom. The maximum Gasteiger partial charge on any atom is 0.341 e. The minimum atomic E-state index is -0.355. The Morgan fingerprint density at radius 2 is 1.83 bits per heavy atom. The maximum absolute atomic E-state index is 12.8. The largest absolute Gasteiger partial charge is 0.462 e. The molecule has 1 atom stereocenters. The van der Waals surface area contributed by atoms with E-state index in [1.165, 1.54) is 28.0 Å². The fourth-order valence-electron chi connectivity index (χ4n) is 4.05. The van der Waals surface area contributed by atoms with Gasteiger partial charge in [0.1, 0.15) is 5.00 Å². The summed E-state index contributed by atoms with van der Waals surface area (Å²) in [5, 5.41) is 10.4. The Morgan fingerprint density at radius 3 is 2.61 bits per heavy atom. The highest BCUT2D eigenvalue weighted by Crippen LogP contribution is 2.40. The van der Waals surface area contributed by atoms with E-state index in [9.17, 15) is 9.59 Å². The number of rotatable bonds is 8. The molecule has 0 fully saturated rings. The van der Waals surface area contributed by atoms with E-state index in [1.54, 1.807) is 6.92 Å². The number of fused-ring (bicyclic) bond motifs is 1. The minimum absolute atomic E-state index is 0.156. The summed E-state index contributed by atoms with van der Waals surface area (Å²) in [5.74, 6) is 0.280. The van der Waals surface area contributed by atoms with Gasteiger partial charge in [0.25, 0.3) is 0 Å². The van der Waals surface area contributed by atoms with Gasteiger partial charge in [0.2, 0.25) is 5.91 Å². The molecular formula is C27H29N3O3S3. The van der Waals surface area contributed by atoms with Crippen molar-refractivity contribution in [2.24, 2.45) is 5.92 Å². The number of thiophene rings is 1. The van der Waals surface area contributed by atoms with Gasteiger partial charge in [-0.25, -0.2) is 4.79 Å². The normalized spacial score (nSPS) is 14.4. The zero-order chi connectivity index (χ0) is 25.5. The fourth-order valence-corrected chi connectivity index (χ4v) is 6.45. The Hall–Kier alpha value is -2.88. The van der Waals surface area contributed by atoms with Gasteiger partial charge < -0.3 is 20.7 Å². The summed E-state index contributed by atoms with van der Waals surface area (Å²) < 4.78 is 5.30. The van der Waals surface area contributed by atoms with Crippen LogP contribution in [0.4, 0.5) is 16.4 Å². The average molecular weight is 540 g/mol. The summed E-state index contributed by atoms with van der Waals surface area (Å²) in [6.45, 7) is 4.31. The first-order valence-corrected chi connectivity index (χ1v) is 14.1. The van der Waals surface area contributed by atoms with Crippen molar-refractivity contribution in [1.82, 2.24) is 0 Å². The van der Waals surface area contributed by atoms with Crippen molar-refractivity contribution in [2.75, 3.05) is 28.3 Å². The molecular weight excluding hydrogens is 511 g/mol. The molecule has 1 amide bonds. The molecule has 0 bridgehead atoms. The van der Waals surface area contributed by atoms with Gasteiger partial charge in [-0.3, -0.25) is 4.79 Å². The minimum Gasteiger partial charge on any atom is -0.462 e. The van der Waals surface area contributed by atoms with Crippen LogP contribution in [0.15, 0.2) is 59.5 Å². The first kappa shape index (κ1) is 26.2. The van der Waals surface area contributed by atoms with Gasteiger partial charge in [0, 0.05) is 21.1 Å². The number of ether oxygens (including phenoxy) is 1. The molecule has 1 heterocycles. The van der Waals surface area contributed by atoms with Gasteiger partial charge in [-0.15, -0.1) is 23.1 Å². The summed E-state index contributed by atoms with van der Waals surface area (Å²) >= 11 is 8.34. The predicted octanol–water partition coefficient (Wildman–Crippen LogP) is 6.59. The van der Waals surface area contributed by atoms with Gasteiger partial charge >= 0.3 is 5.97 Å². The number of thiocarbonyl (C=S) groups is 1. The highest BCUT2D eigenvalue weighted by molar-refractivity contribution is 8.00. The van der Waals surface area contributed by atoms with Crippen LogP contribution in [0.2, 0.25) is 0 Å². The number of benzene rings is 2. The molecule has 0 saturated carbocycles. The van der Waals surface area contributed by atoms with E-state index in [0.29, 0.717) is 28.2 Å². The molecule has 36 heavy (non-hydrogen) atoms. The van der Waals surface area contributed by atoms with Crippen molar-refractivity contribution in [1.29, 1.82) is 0 Å². The molecule has 3 aromatic rings. The SMILES string of the molecule is CCOC(=O)c1c(NC(=O)CSc2cccc(NC(=S)Nc3ccccc3)c2)sc2c1CCC(C)C2. The van der Waals surface area contributed by atoms with Crippen molar-refractivity contribution in [3.63, 3.8) is 0 Å². The standard InChI is InChI=1S/C27H29N3O3S3/c1-3-33-26(32)24-21-13-12-17(2)14-22(21)36-25(24)30-23(31)16-35-20-11-7-10-19(15-20)29-27(34)28-18-8-5-4-6-9-18/h4-11,15,17H,3,12-14,16H2,1-2H3,(H,30,31)(H2,28,29,34). The second-order valence-electron chi connectivity index (χ2n) is 8.59. The number of carbonyl (C=O) groups excluding carboxylic acids is 2. The summed E-state index contributed by atoms with van der Waals surface area (Å²) in [6, 6.07) is 17.5. The van der Waals surface area contributed by atoms with Gasteiger partial charge in [-0.05, 0) is 80.2 Å². The molecule has 1 aliphatic carbocycles. The van der Waals surface area contributed by atoms with Crippen LogP contribution in [0.5, 0.6) is 0 Å². The van der Waals surface area contributed by atoms with Crippen LogP contribution in [-0.2, 0) is 22.4 Å². The number of hydrogen-bond donors (Lipinski definition) is 3. The summed E-state index contributed by atoms with van der Waals surface area (Å²) in [6.07, 6.45) is 2.80. The van der Waals surface area contributed by atoms with Crippen molar-refractivity contribution in [2.45, 2.75) is 38.0 Å². The number of thioether (sulfide) groups is 1. The average Bonchev–Trinajstić information content (AvgIpc) is 3.20. The lowest BCUT2D eigenvalue weighted by Crippen LogP contribution is -2.19. The molecule has 6 nitrogen and oxygen atoms in total. The van der Waals surface area contributed by atoms with Crippen LogP contribution >= 0.6 is 35.3 Å². The second kappa shape index (κ2) is 12.4. The lowest BCUT2D eigenvalue weighted by Gasteiger charge is -2.18. The van der Waals surface area contributed by atoms with E-state index in [2.05, 4.69) is 22.9 Å². The first-order chi connectivity index (χ1) is 17.4. The Bertz CT molecular complexity index is 1240. The molecule has 1 aliphatic rings. The number of hydrogen-bond acceptors (Lipinski definition) is 6. The Kier molecular flexibility index (Phi) is 9.01. The van der Waals surface area contributed by atoms with Crippen LogP contribution < -0.4 is 16.0 Å². The molecule has 0 saturated heterocycles. The number of esters is 1. The molecule has 4 rings (SSSR count). The molecule has 1 unspecified atom stereocenters. The van der Waals surface area contributed by atoms with Crippen molar-refractivity contribution >= 4 is 68.7 Å². The van der Waals surface area contributed by atoms with Crippen LogP contribution in [0, 0.1) is 5.92 Å². The molecule has 9 heteroatoms. The molecule has 188 valence electrons. The van der Waals surface area contributed by atoms with E-state index < -0.39 is 0 Å². The topological polar surface area (TPSA) is 79.5 Å². The van der Waals surface area contributed by atoms with E-state index in [4.69, 9.17) is 17.0 Å². The van der Waals surface area contributed by atoms with Crippen LogP contribution in [-0.4, -0.2) is 29.3 Å². The summed E-state index contributed by atoms with van der Waals surface area (Å²) in [4.78, 5) is 27.6. The van der Waals surface area contributed by atoms with Gasteiger partial charge in [-0.1, -0.05) is 31.2 Å². The Labute approximate surface area is 225 Å². The molecule has 2 aromatic carbocycles. The Balaban J connectivity index is 1.37. The highest BCUT2D eigenvalue weighted by atomic mass is 32.2. The number of anilines is 3. The third-order valence-corrected chi connectivity index (χ3v) is 8.11. The van der Waals surface area contributed by atoms with Crippen molar-refractivity contribution in [3.05, 3.63) is 70.6 Å². The van der Waals surface area contributed by atoms with Crippen LogP contribution in [0.3, 0.4) is 0 Å². The van der Waals surface area contributed by atoms with Crippen LogP contribution in [0.25, 0.3) is 0 Å². The van der Waals surface area contributed by atoms with Crippen molar-refractivity contribution in [3.8, 4) is 0 Å². The highest BCUT2D eigenvalue weighted by Gasteiger charge is 2.29. The molecule has 0 spiro atoms. The molecule has 0 radical (unpaired) electrons.